The molecule has 13 heavy (non-hydrogen) atoms. The van der Waals surface area contributed by atoms with Gasteiger partial charge in [-0.1, -0.05) is 60.4 Å². The van der Waals surface area contributed by atoms with Gasteiger partial charge in [0.15, 0.2) is 0 Å². The van der Waals surface area contributed by atoms with E-state index in [1.807, 2.05) is 0 Å². The van der Waals surface area contributed by atoms with Gasteiger partial charge in [0.2, 0.25) is 0 Å². The smallest absolute Gasteiger partial charge is 0.0622 e. The summed E-state index contributed by atoms with van der Waals surface area (Å²) in [4.78, 5) is 0. The topological polar surface area (TPSA) is 0 Å². The van der Waals surface area contributed by atoms with Crippen LogP contribution in [0.2, 0.25) is 0 Å². The van der Waals surface area contributed by atoms with Crippen LogP contribution in [0.15, 0.2) is 60.4 Å². The zero-order valence-corrected chi connectivity index (χ0v) is 6.71. The van der Waals surface area contributed by atoms with Crippen molar-refractivity contribution in [1.29, 1.82) is 0 Å². The van der Waals surface area contributed by atoms with Crippen LogP contribution in [0.4, 0.5) is 0 Å². The van der Waals surface area contributed by atoms with Gasteiger partial charge in [0.25, 0.3) is 0 Å². The third-order valence-corrected chi connectivity index (χ3v) is 1.46. The molecule has 0 bridgehead atoms. The zero-order valence-electron chi connectivity index (χ0n) is 16.7. The third-order valence-electron chi connectivity index (χ3n) is 1.46. The average molecular weight is 178 g/mol. The highest BCUT2D eigenvalue weighted by Crippen LogP contribution is 2.07. The summed E-state index contributed by atoms with van der Waals surface area (Å²) in [6, 6.07) is -4.92. The Morgan fingerprint density at radius 2 is 1.08 bits per heavy atom. The van der Waals surface area contributed by atoms with Crippen molar-refractivity contribution in [2.24, 2.45) is 0 Å². The molecule has 2 aromatic carbocycles. The Morgan fingerprint density at radius 1 is 0.692 bits per heavy atom. The van der Waals surface area contributed by atoms with E-state index in [2.05, 4.69) is 0 Å². The first kappa shape index (κ1) is 2.48. The van der Waals surface area contributed by atoms with E-state index in [1.165, 1.54) is 0 Å². The van der Waals surface area contributed by atoms with Crippen LogP contribution in [0.25, 0.3) is 0 Å². The minimum Gasteiger partial charge on any atom is -0.0622 e. The fraction of sp³-hybridized carbons (Fsp3) is 0.0769. The lowest BCUT2D eigenvalue weighted by Crippen LogP contribution is -1.85. The van der Waals surface area contributed by atoms with Gasteiger partial charge in [-0.05, 0) is 17.5 Å². The van der Waals surface area contributed by atoms with Gasteiger partial charge in [0, 0.05) is 0 Å². The average Bonchev–Trinajstić information content (AvgIpc) is 2.54. The fourth-order valence-electron chi connectivity index (χ4n) is 0.905. The summed E-state index contributed by atoms with van der Waals surface area (Å²) in [7, 11) is 0. The Labute approximate surface area is 92.9 Å². The summed E-state index contributed by atoms with van der Waals surface area (Å²) in [5.41, 5.74) is -0.205. The van der Waals surface area contributed by atoms with Crippen LogP contribution in [0.5, 0.6) is 0 Å². The van der Waals surface area contributed by atoms with Crippen molar-refractivity contribution in [2.45, 2.75) is 6.42 Å². The summed E-state index contributed by atoms with van der Waals surface area (Å²) >= 11 is 0. The highest BCUT2D eigenvalue weighted by Gasteiger charge is 1.92. The molecule has 0 radical (unpaired) electrons. The molecule has 0 saturated heterocycles. The molecule has 0 heteroatoms. The molecular weight excluding hydrogens is 156 g/mol. The molecule has 0 spiro atoms. The summed E-state index contributed by atoms with van der Waals surface area (Å²) in [6.07, 6.45) is -0.342. The van der Waals surface area contributed by atoms with E-state index in [4.69, 9.17) is 13.7 Å². The molecule has 0 aliphatic rings. The van der Waals surface area contributed by atoms with E-state index < -0.39 is 60.4 Å². The summed E-state index contributed by atoms with van der Waals surface area (Å²) in [5, 5.41) is 0. The van der Waals surface area contributed by atoms with Gasteiger partial charge in [-0.2, -0.15) is 0 Å². The van der Waals surface area contributed by atoms with E-state index in [-0.39, 0.29) is 17.5 Å². The van der Waals surface area contributed by atoms with E-state index in [9.17, 15) is 0 Å². The van der Waals surface area contributed by atoms with E-state index in [0.29, 0.717) is 0 Å². The molecule has 0 fully saturated rings. The van der Waals surface area contributed by atoms with Crippen LogP contribution in [-0.4, -0.2) is 0 Å². The molecule has 0 nitrogen and oxygen atoms in total. The van der Waals surface area contributed by atoms with Crippen LogP contribution in [0, 0.1) is 0 Å². The van der Waals surface area contributed by atoms with E-state index in [0.717, 1.165) is 0 Å². The summed E-state index contributed by atoms with van der Waals surface area (Å²) in [6.45, 7) is 0. The Balaban J connectivity index is 2.71. The highest BCUT2D eigenvalue weighted by molar-refractivity contribution is 5.25. The lowest BCUT2D eigenvalue weighted by atomic mass is 10.1. The molecule has 0 amide bonds. The van der Waals surface area contributed by atoms with Crippen LogP contribution in [0.1, 0.15) is 24.8 Å². The van der Waals surface area contributed by atoms with Crippen molar-refractivity contribution in [3.05, 3.63) is 71.6 Å². The third kappa shape index (κ3) is 2.19. The Bertz CT molecular complexity index is 686. The largest absolute Gasteiger partial charge is 0.0626 e. The minimum absolute atomic E-state index is 0.102. The number of hydrogen-bond donors (Lipinski definition) is 0. The maximum absolute atomic E-state index is 7.85. The minimum atomic E-state index is -0.537. The summed E-state index contributed by atoms with van der Waals surface area (Å²) < 4.78 is 77.0. The molecule has 0 aliphatic heterocycles. The number of rotatable bonds is 2. The highest BCUT2D eigenvalue weighted by atomic mass is 14.0. The molecule has 2 aromatic rings. The number of benzene rings is 2. The molecule has 64 valence electrons. The molecule has 0 unspecified atom stereocenters. The van der Waals surface area contributed by atoms with Crippen LogP contribution in [-0.2, 0) is 6.42 Å². The first-order valence-corrected chi connectivity index (χ1v) is 3.71. The molecule has 0 heterocycles. The molecule has 2 rings (SSSR count). The van der Waals surface area contributed by atoms with Gasteiger partial charge in [-0.25, -0.2) is 0 Å². The van der Waals surface area contributed by atoms with Gasteiger partial charge >= 0.3 is 0 Å². The SMILES string of the molecule is [2H]c1c([2H])c([2H])c(Cc2c([2H])c([2H])c([2H])c([2H])c2[2H])c([2H])c1[2H]. The van der Waals surface area contributed by atoms with E-state index >= 15 is 0 Å². The molecule has 0 atom stereocenters. The quantitative estimate of drug-likeness (QED) is 0.662. The molecule has 0 aliphatic carbocycles. The Kier molecular flexibility index (Phi) is 0.743. The first-order valence-electron chi connectivity index (χ1n) is 8.71. The molecule has 0 saturated carbocycles. The standard InChI is InChI=1S/C13H12/c1-3-7-12(8-4-1)11-13-9-5-2-6-10-13/h1-10H,11H2/i1D,2D,3D,4D,5D,6D,7D,8D,9D,10D. The maximum atomic E-state index is 7.85. The Morgan fingerprint density at radius 3 is 1.46 bits per heavy atom. The predicted octanol–water partition coefficient (Wildman–Crippen LogP) is 3.28. The fourth-order valence-corrected chi connectivity index (χ4v) is 0.905. The van der Waals surface area contributed by atoms with Crippen molar-refractivity contribution < 1.29 is 13.7 Å². The van der Waals surface area contributed by atoms with Gasteiger partial charge in [-0.3, -0.25) is 0 Å². The number of hydrogen-bond acceptors (Lipinski definition) is 0. The van der Waals surface area contributed by atoms with Crippen molar-refractivity contribution in [1.82, 2.24) is 0 Å². The monoisotopic (exact) mass is 178 g/mol. The van der Waals surface area contributed by atoms with Crippen molar-refractivity contribution in [3.8, 4) is 0 Å². The van der Waals surface area contributed by atoms with Crippen molar-refractivity contribution in [2.75, 3.05) is 0 Å². The lowest BCUT2D eigenvalue weighted by molar-refractivity contribution is 1.19. The first-order chi connectivity index (χ1) is 10.6. The van der Waals surface area contributed by atoms with Gasteiger partial charge in [0.1, 0.15) is 0 Å². The van der Waals surface area contributed by atoms with Gasteiger partial charge < -0.3 is 0 Å². The predicted molar refractivity (Wildman–Crippen MR) is 55.7 cm³/mol. The van der Waals surface area contributed by atoms with Crippen LogP contribution in [0.3, 0.4) is 0 Å². The lowest BCUT2D eigenvalue weighted by Gasteiger charge is -2.00. The van der Waals surface area contributed by atoms with E-state index in [1.54, 1.807) is 0 Å². The second kappa shape index (κ2) is 3.90. The normalized spacial score (nSPS) is 20.6. The molecular formula is C13H12. The molecule has 0 N–H and O–H groups in total. The van der Waals surface area contributed by atoms with Gasteiger partial charge in [0.05, 0.1) is 13.7 Å². The van der Waals surface area contributed by atoms with Crippen molar-refractivity contribution in [3.63, 3.8) is 0 Å². The molecule has 0 aromatic heterocycles. The van der Waals surface area contributed by atoms with Crippen LogP contribution >= 0.6 is 0 Å². The van der Waals surface area contributed by atoms with Gasteiger partial charge in [-0.15, -0.1) is 0 Å². The summed E-state index contributed by atoms with van der Waals surface area (Å²) in [5.74, 6) is 0. The van der Waals surface area contributed by atoms with Crippen molar-refractivity contribution >= 4 is 0 Å². The second-order valence-corrected chi connectivity index (χ2v) is 2.38. The van der Waals surface area contributed by atoms with Crippen LogP contribution < -0.4 is 0 Å². The Hall–Kier alpha value is -1.56. The zero-order chi connectivity index (χ0) is 17.6. The second-order valence-electron chi connectivity index (χ2n) is 2.38. The maximum Gasteiger partial charge on any atom is 0.0626 e.